The van der Waals surface area contributed by atoms with E-state index in [-0.39, 0.29) is 17.6 Å². The summed E-state index contributed by atoms with van der Waals surface area (Å²) >= 11 is 0. The van der Waals surface area contributed by atoms with Gasteiger partial charge in [0, 0.05) is 58.3 Å². The Hall–Kier alpha value is -0.750. The monoisotopic (exact) mass is 424 g/mol. The predicted molar refractivity (Wildman–Crippen MR) is 104 cm³/mol. The Morgan fingerprint density at radius 3 is 1.81 bits per heavy atom. The molecule has 0 N–H and O–H groups in total. The molecule has 1 amide bonds. The van der Waals surface area contributed by atoms with Crippen LogP contribution in [0.4, 0.5) is 0 Å². The highest BCUT2D eigenvalue weighted by molar-refractivity contribution is 7.89. The summed E-state index contributed by atoms with van der Waals surface area (Å²) in [6, 6.07) is 0. The molecule has 27 heavy (non-hydrogen) atoms. The molecule has 0 radical (unpaired) electrons. The first-order chi connectivity index (χ1) is 12.7. The van der Waals surface area contributed by atoms with E-state index in [1.54, 1.807) is 11.8 Å². The third kappa shape index (κ3) is 5.00. The van der Waals surface area contributed by atoms with Gasteiger partial charge in [-0.15, -0.1) is 0 Å². The lowest BCUT2D eigenvalue weighted by molar-refractivity contribution is -0.138. The predicted octanol–water partition coefficient (Wildman–Crippen LogP) is -0.221. The smallest absolute Gasteiger partial charge is 0.282 e. The number of piperidine rings is 1. The van der Waals surface area contributed by atoms with Gasteiger partial charge in [-0.25, -0.2) is 12.7 Å². The van der Waals surface area contributed by atoms with Crippen molar-refractivity contribution in [3.63, 3.8) is 0 Å². The van der Waals surface area contributed by atoms with Gasteiger partial charge in [0.2, 0.25) is 15.9 Å². The molecule has 0 aliphatic carbocycles. The van der Waals surface area contributed by atoms with E-state index < -0.39 is 20.2 Å². The Morgan fingerprint density at radius 2 is 1.37 bits per heavy atom. The van der Waals surface area contributed by atoms with Gasteiger partial charge in [-0.2, -0.15) is 17.0 Å². The summed E-state index contributed by atoms with van der Waals surface area (Å²) in [4.78, 5) is 14.5. The molecular formula is C16H32N4O5S2. The average molecular weight is 425 g/mol. The fraction of sp³-hybridized carbons (Fsp3) is 0.938. The number of sulfonamides is 1. The van der Waals surface area contributed by atoms with Crippen LogP contribution in [0.1, 0.15) is 33.6 Å². The van der Waals surface area contributed by atoms with Crippen LogP contribution in [0.15, 0.2) is 0 Å². The van der Waals surface area contributed by atoms with E-state index in [0.717, 1.165) is 0 Å². The van der Waals surface area contributed by atoms with Crippen molar-refractivity contribution in [3.05, 3.63) is 0 Å². The minimum Gasteiger partial charge on any atom is -0.340 e. The van der Waals surface area contributed by atoms with Gasteiger partial charge in [-0.05, 0) is 19.8 Å². The standard InChI is InChI=1S/C16H32N4O5S2/c1-4-18(5-2)27(24,25)20-13-11-17(12-14-20)16(21)15-7-9-19(10-8-15)26(22,23)6-3/h15H,4-14H2,1-3H3. The molecule has 0 aromatic rings. The van der Waals surface area contributed by atoms with E-state index in [0.29, 0.717) is 65.2 Å². The number of hydrogen-bond donors (Lipinski definition) is 0. The number of piperazine rings is 1. The molecule has 0 aromatic carbocycles. The van der Waals surface area contributed by atoms with Gasteiger partial charge >= 0.3 is 0 Å². The Labute approximate surface area is 163 Å². The molecule has 158 valence electrons. The molecule has 2 aliphatic rings. The van der Waals surface area contributed by atoms with Crippen molar-refractivity contribution in [1.82, 2.24) is 17.8 Å². The third-order valence-corrected chi connectivity index (χ3v) is 9.54. The molecule has 9 nitrogen and oxygen atoms in total. The Morgan fingerprint density at radius 1 is 0.852 bits per heavy atom. The Bertz CT molecular complexity index is 705. The molecule has 2 saturated heterocycles. The Kier molecular flexibility index (Phi) is 7.65. The maximum Gasteiger partial charge on any atom is 0.282 e. The zero-order chi connectivity index (χ0) is 20.2. The maximum atomic E-state index is 12.8. The first-order valence-corrected chi connectivity index (χ1v) is 12.7. The van der Waals surface area contributed by atoms with E-state index in [2.05, 4.69) is 0 Å². The van der Waals surface area contributed by atoms with Crippen molar-refractivity contribution in [2.24, 2.45) is 5.92 Å². The normalized spacial score (nSPS) is 21.7. The summed E-state index contributed by atoms with van der Waals surface area (Å²) in [5.74, 6) is -0.0862. The lowest BCUT2D eigenvalue weighted by Gasteiger charge is -2.39. The Balaban J connectivity index is 1.89. The minimum atomic E-state index is -3.47. The molecule has 0 bridgehead atoms. The lowest BCUT2D eigenvalue weighted by Crippen LogP contribution is -2.55. The molecule has 0 unspecified atom stereocenters. The van der Waals surface area contributed by atoms with Crippen LogP contribution in [0.2, 0.25) is 0 Å². The van der Waals surface area contributed by atoms with Crippen LogP contribution in [-0.2, 0) is 25.0 Å². The zero-order valence-electron chi connectivity index (χ0n) is 16.5. The van der Waals surface area contributed by atoms with Crippen molar-refractivity contribution in [2.75, 3.05) is 58.1 Å². The molecule has 2 heterocycles. The van der Waals surface area contributed by atoms with E-state index in [4.69, 9.17) is 0 Å². The van der Waals surface area contributed by atoms with Crippen LogP contribution in [0.5, 0.6) is 0 Å². The molecule has 11 heteroatoms. The van der Waals surface area contributed by atoms with Crippen LogP contribution in [-0.4, -0.2) is 98.7 Å². The van der Waals surface area contributed by atoms with Crippen molar-refractivity contribution < 1.29 is 21.6 Å². The number of amides is 1. The largest absolute Gasteiger partial charge is 0.340 e. The van der Waals surface area contributed by atoms with Crippen LogP contribution in [0, 0.1) is 5.92 Å². The lowest BCUT2D eigenvalue weighted by atomic mass is 9.96. The second-order valence-electron chi connectivity index (χ2n) is 6.89. The first-order valence-electron chi connectivity index (χ1n) is 9.69. The molecule has 0 spiro atoms. The van der Waals surface area contributed by atoms with Gasteiger partial charge < -0.3 is 4.90 Å². The topological polar surface area (TPSA) is 98.3 Å². The second kappa shape index (κ2) is 9.17. The zero-order valence-corrected chi connectivity index (χ0v) is 18.1. The highest BCUT2D eigenvalue weighted by Gasteiger charge is 2.36. The number of carbonyl (C=O) groups is 1. The molecule has 0 atom stereocenters. The second-order valence-corrected chi connectivity index (χ2v) is 11.1. The van der Waals surface area contributed by atoms with Crippen LogP contribution >= 0.6 is 0 Å². The summed E-state index contributed by atoms with van der Waals surface area (Å²) in [7, 11) is -6.67. The van der Waals surface area contributed by atoms with Gasteiger partial charge in [0.1, 0.15) is 0 Å². The molecule has 2 aliphatic heterocycles. The minimum absolute atomic E-state index is 0.0171. The molecule has 2 fully saturated rings. The molecular weight excluding hydrogens is 392 g/mol. The fourth-order valence-corrected chi connectivity index (χ4v) is 6.41. The average Bonchev–Trinajstić information content (AvgIpc) is 2.68. The summed E-state index contributed by atoms with van der Waals surface area (Å²) in [5.41, 5.74) is 0. The van der Waals surface area contributed by atoms with Crippen molar-refractivity contribution >= 4 is 26.1 Å². The summed E-state index contributed by atoms with van der Waals surface area (Å²) in [6.45, 7) is 8.22. The summed E-state index contributed by atoms with van der Waals surface area (Å²) in [6.07, 6.45) is 1.05. The first kappa shape index (κ1) is 22.5. The van der Waals surface area contributed by atoms with E-state index in [1.807, 2.05) is 13.8 Å². The van der Waals surface area contributed by atoms with E-state index in [1.165, 1.54) is 12.9 Å². The van der Waals surface area contributed by atoms with Gasteiger partial charge in [0.25, 0.3) is 10.2 Å². The number of carbonyl (C=O) groups excluding carboxylic acids is 1. The maximum absolute atomic E-state index is 12.8. The highest BCUT2D eigenvalue weighted by Crippen LogP contribution is 2.23. The highest BCUT2D eigenvalue weighted by atomic mass is 32.2. The van der Waals surface area contributed by atoms with Gasteiger partial charge in [-0.1, -0.05) is 13.8 Å². The number of hydrogen-bond acceptors (Lipinski definition) is 5. The summed E-state index contributed by atoms with van der Waals surface area (Å²) in [5, 5.41) is 0. The number of rotatable bonds is 7. The SMILES string of the molecule is CCN(CC)S(=O)(=O)N1CCN(C(=O)C2CCN(S(=O)(=O)CC)CC2)CC1. The van der Waals surface area contributed by atoms with Crippen molar-refractivity contribution in [2.45, 2.75) is 33.6 Å². The van der Waals surface area contributed by atoms with E-state index >= 15 is 0 Å². The van der Waals surface area contributed by atoms with Crippen molar-refractivity contribution in [1.29, 1.82) is 0 Å². The van der Waals surface area contributed by atoms with Gasteiger partial charge in [0.05, 0.1) is 5.75 Å². The van der Waals surface area contributed by atoms with Gasteiger partial charge in [-0.3, -0.25) is 4.79 Å². The van der Waals surface area contributed by atoms with Crippen LogP contribution in [0.25, 0.3) is 0 Å². The van der Waals surface area contributed by atoms with Crippen molar-refractivity contribution in [3.8, 4) is 0 Å². The van der Waals surface area contributed by atoms with Crippen LogP contribution in [0.3, 0.4) is 0 Å². The quantitative estimate of drug-likeness (QED) is 0.563. The molecule has 0 aromatic heterocycles. The fourth-order valence-electron chi connectivity index (χ4n) is 3.67. The van der Waals surface area contributed by atoms with Gasteiger partial charge in [0.15, 0.2) is 0 Å². The molecule has 0 saturated carbocycles. The third-order valence-electron chi connectivity index (χ3n) is 5.47. The summed E-state index contributed by atoms with van der Waals surface area (Å²) < 4.78 is 53.3. The van der Waals surface area contributed by atoms with E-state index in [9.17, 15) is 21.6 Å². The number of nitrogens with zero attached hydrogens (tertiary/aromatic N) is 4. The van der Waals surface area contributed by atoms with Crippen LogP contribution < -0.4 is 0 Å². The molecule has 2 rings (SSSR count).